The third-order valence-electron chi connectivity index (χ3n) is 8.54. The largest absolute Gasteiger partial charge is 0.289 e. The molecule has 46 heavy (non-hydrogen) atoms. The second-order valence-corrected chi connectivity index (χ2v) is 13.4. The highest BCUT2D eigenvalue weighted by atomic mass is 32.1. The number of hydrogen-bond acceptors (Lipinski definition) is 6. The lowest BCUT2D eigenvalue weighted by Gasteiger charge is -2.19. The van der Waals surface area contributed by atoms with Gasteiger partial charge in [0.05, 0.1) is 20.4 Å². The van der Waals surface area contributed by atoms with Crippen LogP contribution in [0.3, 0.4) is 0 Å². The van der Waals surface area contributed by atoms with Crippen LogP contribution < -0.4 is 0 Å². The first-order valence-electron chi connectivity index (χ1n) is 14.9. The van der Waals surface area contributed by atoms with Gasteiger partial charge in [0.2, 0.25) is 0 Å². The normalized spacial score (nSPS) is 12.4. The standard InChI is InChI=1S/C40H22N2O2S2/c43-37-30-20-18-28(24-11-15-26(16-12-24)40-42-34-6-2-4-8-36(34)46-40)22-32(30)38(44)29-19-17-27(21-31(29)37)23-9-13-25(14-10-23)39-41-33-5-1-3-7-35(33)45-39/h1-22H. The number of carbonyl (C=O) groups excluding carboxylic acids is 2. The molecular weight excluding hydrogens is 605 g/mol. The van der Waals surface area contributed by atoms with Crippen molar-refractivity contribution in [1.29, 1.82) is 0 Å². The molecule has 2 aromatic heterocycles. The first-order valence-corrected chi connectivity index (χ1v) is 16.5. The molecule has 0 unspecified atom stereocenters. The highest BCUT2D eigenvalue weighted by Crippen LogP contribution is 2.36. The Morgan fingerprint density at radius 2 is 0.739 bits per heavy atom. The minimum atomic E-state index is -0.129. The maximum atomic E-state index is 13.7. The van der Waals surface area contributed by atoms with E-state index in [1.54, 1.807) is 34.8 Å². The summed E-state index contributed by atoms with van der Waals surface area (Å²) in [6, 6.07) is 43.8. The van der Waals surface area contributed by atoms with Gasteiger partial charge in [-0.05, 0) is 70.8 Å². The second kappa shape index (κ2) is 10.5. The third-order valence-corrected chi connectivity index (χ3v) is 10.7. The number of ketones is 2. The van der Waals surface area contributed by atoms with Crippen LogP contribution in [0.25, 0.3) is 63.8 Å². The molecule has 0 atom stereocenters. The maximum Gasteiger partial charge on any atom is 0.194 e. The average molecular weight is 627 g/mol. The Morgan fingerprint density at radius 3 is 1.15 bits per heavy atom. The third kappa shape index (κ3) is 4.42. The first kappa shape index (κ1) is 26.8. The Hall–Kier alpha value is -5.56. The van der Waals surface area contributed by atoms with E-state index < -0.39 is 0 Å². The van der Waals surface area contributed by atoms with Crippen LogP contribution in [0.2, 0.25) is 0 Å². The Bertz CT molecular complexity index is 2260. The van der Waals surface area contributed by atoms with Gasteiger partial charge in [-0.25, -0.2) is 9.97 Å². The number of rotatable bonds is 4. The van der Waals surface area contributed by atoms with E-state index in [1.165, 1.54) is 0 Å². The Balaban J connectivity index is 0.993. The van der Waals surface area contributed by atoms with E-state index in [1.807, 2.05) is 84.9 Å². The number of para-hydroxylation sites is 2. The molecule has 216 valence electrons. The first-order chi connectivity index (χ1) is 22.6. The summed E-state index contributed by atoms with van der Waals surface area (Å²) in [5.41, 5.74) is 9.59. The number of aromatic nitrogens is 2. The van der Waals surface area contributed by atoms with Gasteiger partial charge >= 0.3 is 0 Å². The quantitative estimate of drug-likeness (QED) is 0.195. The van der Waals surface area contributed by atoms with E-state index in [2.05, 4.69) is 36.4 Å². The van der Waals surface area contributed by atoms with Crippen molar-refractivity contribution in [1.82, 2.24) is 9.97 Å². The van der Waals surface area contributed by atoms with Gasteiger partial charge in [-0.3, -0.25) is 9.59 Å². The van der Waals surface area contributed by atoms with Gasteiger partial charge in [-0.1, -0.05) is 84.9 Å². The summed E-state index contributed by atoms with van der Waals surface area (Å²) in [7, 11) is 0. The molecule has 0 aliphatic heterocycles. The van der Waals surface area contributed by atoms with Gasteiger partial charge in [0.25, 0.3) is 0 Å². The molecule has 9 rings (SSSR count). The van der Waals surface area contributed by atoms with Gasteiger partial charge < -0.3 is 0 Å². The molecule has 1 aliphatic rings. The molecule has 0 amide bonds. The highest BCUT2D eigenvalue weighted by molar-refractivity contribution is 7.22. The summed E-state index contributed by atoms with van der Waals surface area (Å²) in [6.07, 6.45) is 0. The predicted octanol–water partition coefficient (Wildman–Crippen LogP) is 10.3. The van der Waals surface area contributed by atoms with Gasteiger partial charge in [0.15, 0.2) is 11.6 Å². The zero-order valence-electron chi connectivity index (χ0n) is 24.2. The summed E-state index contributed by atoms with van der Waals surface area (Å²) < 4.78 is 2.32. The zero-order chi connectivity index (χ0) is 30.8. The van der Waals surface area contributed by atoms with Crippen LogP contribution >= 0.6 is 22.7 Å². The number of hydrogen-bond donors (Lipinski definition) is 0. The molecule has 2 heterocycles. The minimum absolute atomic E-state index is 0.129. The minimum Gasteiger partial charge on any atom is -0.289 e. The highest BCUT2D eigenvalue weighted by Gasteiger charge is 2.30. The van der Waals surface area contributed by atoms with Crippen LogP contribution in [0.5, 0.6) is 0 Å². The van der Waals surface area contributed by atoms with E-state index in [4.69, 9.17) is 9.97 Å². The molecule has 1 aliphatic carbocycles. The SMILES string of the molecule is O=C1c2ccc(-c3ccc(-c4nc5ccccc5s4)cc3)cc2C(=O)c2ccc(-c3ccc(-c4nc5ccccc5s4)cc3)cc21. The number of fused-ring (bicyclic) bond motifs is 4. The van der Waals surface area contributed by atoms with Gasteiger partial charge in [-0.2, -0.15) is 0 Å². The van der Waals surface area contributed by atoms with E-state index in [0.29, 0.717) is 22.3 Å². The summed E-state index contributed by atoms with van der Waals surface area (Å²) in [5.74, 6) is -0.259. The molecule has 0 N–H and O–H groups in total. The van der Waals surface area contributed by atoms with E-state index >= 15 is 0 Å². The number of carbonyl (C=O) groups is 2. The van der Waals surface area contributed by atoms with Crippen LogP contribution in [-0.4, -0.2) is 21.5 Å². The molecule has 6 heteroatoms. The summed E-state index contributed by atoms with van der Waals surface area (Å²) in [6.45, 7) is 0. The molecule has 4 nitrogen and oxygen atoms in total. The molecule has 0 saturated heterocycles. The Kier molecular flexibility index (Phi) is 6.13. The fourth-order valence-corrected chi connectivity index (χ4v) is 8.05. The van der Waals surface area contributed by atoms with Crippen molar-refractivity contribution < 1.29 is 9.59 Å². The van der Waals surface area contributed by atoms with Crippen molar-refractivity contribution in [3.63, 3.8) is 0 Å². The van der Waals surface area contributed by atoms with Gasteiger partial charge in [0, 0.05) is 33.4 Å². The van der Waals surface area contributed by atoms with Crippen molar-refractivity contribution in [3.05, 3.63) is 156 Å². The van der Waals surface area contributed by atoms with Crippen LogP contribution in [0.1, 0.15) is 31.8 Å². The molecule has 0 spiro atoms. The molecule has 0 saturated carbocycles. The van der Waals surface area contributed by atoms with Crippen LogP contribution in [0.15, 0.2) is 133 Å². The molecule has 0 fully saturated rings. The lowest BCUT2D eigenvalue weighted by molar-refractivity contribution is 0.0979. The van der Waals surface area contributed by atoms with Crippen molar-refractivity contribution >= 4 is 54.7 Å². The monoisotopic (exact) mass is 626 g/mol. The van der Waals surface area contributed by atoms with Gasteiger partial charge in [-0.15, -0.1) is 22.7 Å². The van der Waals surface area contributed by atoms with Crippen LogP contribution in [-0.2, 0) is 0 Å². The van der Waals surface area contributed by atoms with Crippen molar-refractivity contribution in [2.45, 2.75) is 0 Å². The number of nitrogens with zero attached hydrogens (tertiary/aromatic N) is 2. The second-order valence-electron chi connectivity index (χ2n) is 11.3. The molecule has 0 bridgehead atoms. The summed E-state index contributed by atoms with van der Waals surface area (Å²) >= 11 is 3.34. The summed E-state index contributed by atoms with van der Waals surface area (Å²) in [5, 5.41) is 1.94. The smallest absolute Gasteiger partial charge is 0.194 e. The fraction of sp³-hybridized carbons (Fsp3) is 0. The van der Waals surface area contributed by atoms with Crippen molar-refractivity contribution in [2.24, 2.45) is 0 Å². The Morgan fingerprint density at radius 1 is 0.370 bits per heavy atom. The lowest BCUT2D eigenvalue weighted by atomic mass is 9.81. The van der Waals surface area contributed by atoms with Crippen LogP contribution in [0, 0.1) is 0 Å². The summed E-state index contributed by atoms with van der Waals surface area (Å²) in [4.78, 5) is 37.0. The fourth-order valence-electron chi connectivity index (χ4n) is 6.11. The number of thiazole rings is 2. The van der Waals surface area contributed by atoms with E-state index in [0.717, 1.165) is 63.8 Å². The predicted molar refractivity (Wildman–Crippen MR) is 188 cm³/mol. The molecule has 0 radical (unpaired) electrons. The molecule has 8 aromatic rings. The van der Waals surface area contributed by atoms with Crippen molar-refractivity contribution in [3.8, 4) is 43.4 Å². The maximum absolute atomic E-state index is 13.7. The van der Waals surface area contributed by atoms with Crippen LogP contribution in [0.4, 0.5) is 0 Å². The Labute approximate surface area is 272 Å². The van der Waals surface area contributed by atoms with E-state index in [-0.39, 0.29) is 11.6 Å². The van der Waals surface area contributed by atoms with Crippen molar-refractivity contribution in [2.75, 3.05) is 0 Å². The van der Waals surface area contributed by atoms with Gasteiger partial charge in [0.1, 0.15) is 10.0 Å². The molecular formula is C40H22N2O2S2. The lowest BCUT2D eigenvalue weighted by Crippen LogP contribution is -2.21. The topological polar surface area (TPSA) is 59.9 Å². The zero-order valence-corrected chi connectivity index (χ0v) is 25.9. The average Bonchev–Trinajstić information content (AvgIpc) is 3.75. The molecule has 6 aromatic carbocycles. The van der Waals surface area contributed by atoms with E-state index in [9.17, 15) is 9.59 Å². The number of benzene rings is 6.